The first-order chi connectivity index (χ1) is 11.5. The second-order valence-corrected chi connectivity index (χ2v) is 7.27. The Labute approximate surface area is 153 Å². The number of halogens is 3. The molecule has 1 heterocycles. The number of methoxy groups -OCH3 is 1. The second kappa shape index (κ2) is 7.21. The van der Waals surface area contributed by atoms with E-state index < -0.39 is 0 Å². The van der Waals surface area contributed by atoms with E-state index in [-0.39, 0.29) is 27.8 Å². The van der Waals surface area contributed by atoms with Gasteiger partial charge in [-0.3, -0.25) is 4.79 Å². The quantitative estimate of drug-likeness (QED) is 0.797. The molecule has 2 aromatic rings. The van der Waals surface area contributed by atoms with E-state index in [0.717, 1.165) is 22.6 Å². The molecule has 1 unspecified atom stereocenters. The minimum atomic E-state index is -0.314. The minimum Gasteiger partial charge on any atom is -0.494 e. The Hall–Kier alpha value is -1.43. The van der Waals surface area contributed by atoms with Gasteiger partial charge in [0.05, 0.1) is 23.2 Å². The van der Waals surface area contributed by atoms with E-state index in [9.17, 15) is 9.18 Å². The number of carbonyl (C=O) groups is 1. The average Bonchev–Trinajstić information content (AvgIpc) is 2.55. The first-order valence-electron chi connectivity index (χ1n) is 7.25. The van der Waals surface area contributed by atoms with Crippen molar-refractivity contribution in [2.24, 2.45) is 0 Å². The molecule has 1 atom stereocenters. The summed E-state index contributed by atoms with van der Waals surface area (Å²) < 4.78 is 18.6. The molecule has 0 radical (unpaired) electrons. The first kappa shape index (κ1) is 17.4. The Morgan fingerprint density at radius 2 is 2.00 bits per heavy atom. The zero-order valence-electron chi connectivity index (χ0n) is 12.7. The maximum absolute atomic E-state index is 13.5. The number of rotatable bonds is 3. The van der Waals surface area contributed by atoms with Crippen LogP contribution in [0, 0.1) is 5.82 Å². The zero-order valence-corrected chi connectivity index (χ0v) is 15.1. The summed E-state index contributed by atoms with van der Waals surface area (Å²) in [4.78, 5) is 13.5. The summed E-state index contributed by atoms with van der Waals surface area (Å²) in [6, 6.07) is 7.41. The Morgan fingerprint density at radius 1 is 1.29 bits per heavy atom. The predicted octanol–water partition coefficient (Wildman–Crippen LogP) is 5.11. The number of carbonyl (C=O) groups excluding carboxylic acids is 1. The molecule has 0 aliphatic carbocycles. The molecule has 0 saturated heterocycles. The summed E-state index contributed by atoms with van der Waals surface area (Å²) in [6.07, 6.45) is 0.727. The molecule has 2 aromatic carbocycles. The molecule has 0 saturated carbocycles. The van der Waals surface area contributed by atoms with Crippen LogP contribution in [0.4, 0.5) is 4.39 Å². The van der Waals surface area contributed by atoms with Gasteiger partial charge in [-0.25, -0.2) is 4.39 Å². The van der Waals surface area contributed by atoms with E-state index in [2.05, 4.69) is 5.32 Å². The van der Waals surface area contributed by atoms with Crippen LogP contribution in [0.25, 0.3) is 0 Å². The van der Waals surface area contributed by atoms with Crippen LogP contribution in [0.1, 0.15) is 28.4 Å². The highest BCUT2D eigenvalue weighted by Gasteiger charge is 2.24. The lowest BCUT2D eigenvalue weighted by Crippen LogP contribution is -2.30. The Balaban J connectivity index is 1.85. The molecule has 0 spiro atoms. The number of nitrogens with one attached hydrogen (secondary N) is 1. The summed E-state index contributed by atoms with van der Waals surface area (Å²) in [7, 11) is 1.46. The van der Waals surface area contributed by atoms with Crippen molar-refractivity contribution in [2.75, 3.05) is 12.9 Å². The molecule has 1 aliphatic rings. The molecule has 7 heteroatoms. The fraction of sp³-hybridized carbons (Fsp3) is 0.235. The normalized spacial score (nSPS) is 16.4. The smallest absolute Gasteiger partial charge is 0.251 e. The molecule has 126 valence electrons. The number of hydrogen-bond donors (Lipinski definition) is 1. The van der Waals surface area contributed by atoms with Gasteiger partial charge in [0.15, 0.2) is 5.75 Å². The van der Waals surface area contributed by atoms with E-state index in [0.29, 0.717) is 11.3 Å². The maximum atomic E-state index is 13.5. The monoisotopic (exact) mass is 385 g/mol. The molecule has 1 amide bonds. The summed E-state index contributed by atoms with van der Waals surface area (Å²) in [5.74, 6) is 0.559. The van der Waals surface area contributed by atoms with Crippen molar-refractivity contribution >= 4 is 40.9 Å². The highest BCUT2D eigenvalue weighted by atomic mass is 35.5. The number of benzene rings is 2. The molecular formula is C17H14Cl2FNO2S. The maximum Gasteiger partial charge on any atom is 0.251 e. The van der Waals surface area contributed by atoms with Crippen LogP contribution in [0.15, 0.2) is 35.2 Å². The fourth-order valence-electron chi connectivity index (χ4n) is 2.64. The Bertz CT molecular complexity index is 777. The van der Waals surface area contributed by atoms with Gasteiger partial charge >= 0.3 is 0 Å². The number of thioether (sulfide) groups is 1. The van der Waals surface area contributed by atoms with E-state index >= 15 is 0 Å². The lowest BCUT2D eigenvalue weighted by molar-refractivity contribution is 0.0935. The summed E-state index contributed by atoms with van der Waals surface area (Å²) in [5, 5.41) is 3.46. The van der Waals surface area contributed by atoms with Crippen molar-refractivity contribution in [1.82, 2.24) is 5.32 Å². The molecular weight excluding hydrogens is 372 g/mol. The molecule has 0 bridgehead atoms. The van der Waals surface area contributed by atoms with Crippen LogP contribution in [-0.2, 0) is 0 Å². The van der Waals surface area contributed by atoms with Gasteiger partial charge in [0, 0.05) is 16.2 Å². The number of fused-ring (bicyclic) bond motifs is 1. The van der Waals surface area contributed by atoms with Crippen molar-refractivity contribution < 1.29 is 13.9 Å². The highest BCUT2D eigenvalue weighted by molar-refractivity contribution is 7.99. The molecule has 1 N–H and O–H groups in total. The van der Waals surface area contributed by atoms with Crippen LogP contribution in [0.5, 0.6) is 5.75 Å². The summed E-state index contributed by atoms with van der Waals surface area (Å²) >= 11 is 13.8. The zero-order chi connectivity index (χ0) is 17.3. The summed E-state index contributed by atoms with van der Waals surface area (Å²) in [5.41, 5.74) is 1.13. The van der Waals surface area contributed by atoms with Gasteiger partial charge in [-0.15, -0.1) is 11.8 Å². The SMILES string of the molecule is COc1c(Cl)cc(C(=O)NC2CCSc3ccc(F)cc32)cc1Cl. The Kier molecular flexibility index (Phi) is 5.23. The molecule has 3 rings (SSSR count). The Morgan fingerprint density at radius 3 is 2.67 bits per heavy atom. The van der Waals surface area contributed by atoms with Crippen LogP contribution < -0.4 is 10.1 Å². The second-order valence-electron chi connectivity index (χ2n) is 5.32. The van der Waals surface area contributed by atoms with Crippen LogP contribution in [0.3, 0.4) is 0 Å². The van der Waals surface area contributed by atoms with Crippen LogP contribution in [0.2, 0.25) is 10.0 Å². The number of amides is 1. The van der Waals surface area contributed by atoms with E-state index in [4.69, 9.17) is 27.9 Å². The van der Waals surface area contributed by atoms with E-state index in [1.807, 2.05) is 0 Å². The minimum absolute atomic E-state index is 0.246. The third-order valence-electron chi connectivity index (χ3n) is 3.78. The average molecular weight is 386 g/mol. The third-order valence-corrected chi connectivity index (χ3v) is 5.47. The van der Waals surface area contributed by atoms with Gasteiger partial charge in [0.2, 0.25) is 0 Å². The molecule has 1 aliphatic heterocycles. The fourth-order valence-corrected chi connectivity index (χ4v) is 4.39. The van der Waals surface area contributed by atoms with Gasteiger partial charge in [0.25, 0.3) is 5.91 Å². The van der Waals surface area contributed by atoms with Crippen molar-refractivity contribution in [3.63, 3.8) is 0 Å². The predicted molar refractivity (Wildman–Crippen MR) is 95.0 cm³/mol. The van der Waals surface area contributed by atoms with E-state index in [1.54, 1.807) is 17.8 Å². The van der Waals surface area contributed by atoms with Crippen molar-refractivity contribution in [3.8, 4) is 5.75 Å². The van der Waals surface area contributed by atoms with Gasteiger partial charge in [-0.1, -0.05) is 23.2 Å². The van der Waals surface area contributed by atoms with Gasteiger partial charge in [-0.2, -0.15) is 0 Å². The lowest BCUT2D eigenvalue weighted by atomic mass is 10.0. The van der Waals surface area contributed by atoms with Crippen molar-refractivity contribution in [3.05, 3.63) is 57.3 Å². The molecule has 3 nitrogen and oxygen atoms in total. The van der Waals surface area contributed by atoms with Crippen LogP contribution >= 0.6 is 35.0 Å². The van der Waals surface area contributed by atoms with E-state index in [1.165, 1.54) is 31.4 Å². The van der Waals surface area contributed by atoms with Crippen molar-refractivity contribution in [1.29, 1.82) is 0 Å². The third kappa shape index (κ3) is 3.48. The molecule has 0 fully saturated rings. The number of hydrogen-bond acceptors (Lipinski definition) is 3. The first-order valence-corrected chi connectivity index (χ1v) is 9.00. The van der Waals surface area contributed by atoms with Crippen LogP contribution in [-0.4, -0.2) is 18.8 Å². The number of ether oxygens (including phenoxy) is 1. The largest absolute Gasteiger partial charge is 0.494 e. The molecule has 0 aromatic heterocycles. The van der Waals surface area contributed by atoms with Gasteiger partial charge < -0.3 is 10.1 Å². The van der Waals surface area contributed by atoms with Crippen molar-refractivity contribution in [2.45, 2.75) is 17.4 Å². The topological polar surface area (TPSA) is 38.3 Å². The lowest BCUT2D eigenvalue weighted by Gasteiger charge is -2.26. The van der Waals surface area contributed by atoms with Gasteiger partial charge in [-0.05, 0) is 42.3 Å². The van der Waals surface area contributed by atoms with Gasteiger partial charge in [0.1, 0.15) is 5.82 Å². The standard InChI is InChI=1S/C17H14Cl2FNO2S/c1-23-16-12(18)6-9(7-13(16)19)17(22)21-14-4-5-24-15-3-2-10(20)8-11(14)15/h2-3,6-8,14H,4-5H2,1H3,(H,21,22). The molecule has 24 heavy (non-hydrogen) atoms. The summed E-state index contributed by atoms with van der Waals surface area (Å²) in [6.45, 7) is 0. The highest BCUT2D eigenvalue weighted by Crippen LogP contribution is 2.37.